The van der Waals surface area contributed by atoms with Gasteiger partial charge in [-0.05, 0) is 121 Å². The van der Waals surface area contributed by atoms with Crippen LogP contribution in [0.5, 0.6) is 0 Å². The summed E-state index contributed by atoms with van der Waals surface area (Å²) in [6, 6.07) is 64.0. The van der Waals surface area contributed by atoms with Gasteiger partial charge < -0.3 is 0 Å². The van der Waals surface area contributed by atoms with Gasteiger partial charge in [0.05, 0.1) is 5.69 Å². The summed E-state index contributed by atoms with van der Waals surface area (Å²) in [5.74, 6) is -0.259. The number of rotatable bonds is 7. The molecule has 2 heteroatoms. The molecule has 0 amide bonds. The summed E-state index contributed by atoms with van der Waals surface area (Å²) in [7, 11) is 0. The lowest BCUT2D eigenvalue weighted by Crippen LogP contribution is -1.88. The third kappa shape index (κ3) is 6.58. The normalized spacial score (nSPS) is 11.0. The lowest BCUT2D eigenvalue weighted by molar-refractivity contribution is 0.629. The Morgan fingerprint density at radius 3 is 1.12 bits per heavy atom. The Morgan fingerprint density at radius 2 is 0.612 bits per heavy atom. The molecular formula is C47H32FN. The molecule has 0 bridgehead atoms. The first kappa shape index (κ1) is 30.0. The molecule has 0 aliphatic carbocycles. The van der Waals surface area contributed by atoms with E-state index in [-0.39, 0.29) is 5.82 Å². The number of benzene rings is 7. The van der Waals surface area contributed by atoms with Gasteiger partial charge in [0.25, 0.3) is 0 Å². The van der Waals surface area contributed by atoms with Crippen LogP contribution in [0.3, 0.4) is 0 Å². The highest BCUT2D eigenvalue weighted by Crippen LogP contribution is 2.34. The van der Waals surface area contributed by atoms with Crippen molar-refractivity contribution in [2.45, 2.75) is 0 Å². The highest BCUT2D eigenvalue weighted by Gasteiger charge is 2.10. The molecule has 49 heavy (non-hydrogen) atoms. The van der Waals surface area contributed by atoms with Gasteiger partial charge in [-0.2, -0.15) is 0 Å². The van der Waals surface area contributed by atoms with E-state index < -0.39 is 0 Å². The third-order valence-corrected chi connectivity index (χ3v) is 8.97. The summed E-state index contributed by atoms with van der Waals surface area (Å²) in [6.07, 6.45) is 1.81. The predicted octanol–water partition coefficient (Wildman–Crippen LogP) is 12.9. The summed E-state index contributed by atoms with van der Waals surface area (Å²) in [5.41, 5.74) is 14.8. The standard InChI is InChI=1S/C47H32FN/c48-46-31-44(35-23-21-34(22-24-35)37-13-9-19-43(29-37)47-20-4-5-25-49-47)30-45(32-46)42-18-8-17-41(28-42)40-16-7-15-39(27-40)38-14-6-12-36(26-38)33-10-2-1-3-11-33/h1-32H. The molecule has 0 unspecified atom stereocenters. The van der Waals surface area contributed by atoms with Gasteiger partial charge >= 0.3 is 0 Å². The van der Waals surface area contributed by atoms with Crippen molar-refractivity contribution in [2.24, 2.45) is 0 Å². The van der Waals surface area contributed by atoms with E-state index in [0.29, 0.717) is 0 Å². The molecular weight excluding hydrogens is 598 g/mol. The van der Waals surface area contributed by atoms with E-state index in [1.54, 1.807) is 12.1 Å². The van der Waals surface area contributed by atoms with Crippen molar-refractivity contribution in [3.05, 3.63) is 200 Å². The molecule has 0 atom stereocenters. The second-order valence-corrected chi connectivity index (χ2v) is 12.2. The predicted molar refractivity (Wildman–Crippen MR) is 202 cm³/mol. The third-order valence-electron chi connectivity index (χ3n) is 8.97. The zero-order valence-corrected chi connectivity index (χ0v) is 26.8. The van der Waals surface area contributed by atoms with Crippen molar-refractivity contribution >= 4 is 0 Å². The van der Waals surface area contributed by atoms with E-state index in [9.17, 15) is 0 Å². The first-order valence-electron chi connectivity index (χ1n) is 16.5. The molecule has 8 aromatic rings. The number of pyridine rings is 1. The molecule has 1 aromatic heterocycles. The summed E-state index contributed by atoms with van der Waals surface area (Å²) in [4.78, 5) is 4.49. The fourth-order valence-electron chi connectivity index (χ4n) is 6.44. The Labute approximate surface area is 286 Å². The van der Waals surface area contributed by atoms with Gasteiger partial charge in [-0.1, -0.05) is 133 Å². The van der Waals surface area contributed by atoms with Crippen LogP contribution in [0, 0.1) is 5.82 Å². The molecule has 7 aromatic carbocycles. The van der Waals surface area contributed by atoms with Gasteiger partial charge in [0.15, 0.2) is 0 Å². The van der Waals surface area contributed by atoms with Crippen LogP contribution in [0.2, 0.25) is 0 Å². The van der Waals surface area contributed by atoms with Gasteiger partial charge in [-0.3, -0.25) is 4.98 Å². The highest BCUT2D eigenvalue weighted by atomic mass is 19.1. The van der Waals surface area contributed by atoms with Crippen LogP contribution in [0.1, 0.15) is 0 Å². The first-order valence-corrected chi connectivity index (χ1v) is 16.5. The number of nitrogens with zero attached hydrogens (tertiary/aromatic N) is 1. The molecule has 0 fully saturated rings. The zero-order valence-electron chi connectivity index (χ0n) is 26.8. The van der Waals surface area contributed by atoms with Gasteiger partial charge in [0.2, 0.25) is 0 Å². The topological polar surface area (TPSA) is 12.9 Å². The maximum absolute atomic E-state index is 15.2. The van der Waals surface area contributed by atoms with Crippen molar-refractivity contribution in [1.29, 1.82) is 0 Å². The van der Waals surface area contributed by atoms with E-state index in [1.165, 1.54) is 16.7 Å². The SMILES string of the molecule is Fc1cc(-c2ccc(-c3cccc(-c4ccccn4)c3)cc2)cc(-c2cccc(-c3cccc(-c4cccc(-c5ccccc5)c4)c3)c2)c1. The molecule has 0 aliphatic heterocycles. The first-order chi connectivity index (χ1) is 24.2. The monoisotopic (exact) mass is 629 g/mol. The quantitative estimate of drug-likeness (QED) is 0.171. The van der Waals surface area contributed by atoms with Gasteiger partial charge in [-0.25, -0.2) is 4.39 Å². The van der Waals surface area contributed by atoms with Crippen molar-refractivity contribution in [1.82, 2.24) is 4.98 Å². The Balaban J connectivity index is 1.07. The lowest BCUT2D eigenvalue weighted by atomic mass is 9.93. The zero-order chi connectivity index (χ0) is 33.0. The Hall–Kier alpha value is -6.38. The second kappa shape index (κ2) is 13.4. The van der Waals surface area contributed by atoms with E-state index >= 15 is 4.39 Å². The van der Waals surface area contributed by atoms with Crippen LogP contribution < -0.4 is 0 Å². The van der Waals surface area contributed by atoms with Crippen LogP contribution in [0.15, 0.2) is 194 Å². The summed E-state index contributed by atoms with van der Waals surface area (Å²) >= 11 is 0. The molecule has 0 saturated carbocycles. The minimum Gasteiger partial charge on any atom is -0.256 e. The lowest BCUT2D eigenvalue weighted by Gasteiger charge is -2.11. The second-order valence-electron chi connectivity index (χ2n) is 12.2. The fraction of sp³-hybridized carbons (Fsp3) is 0. The minimum absolute atomic E-state index is 0.259. The molecule has 0 saturated heterocycles. The number of aromatic nitrogens is 1. The molecule has 0 spiro atoms. The molecule has 8 rings (SSSR count). The van der Waals surface area contributed by atoms with Gasteiger partial charge in [-0.15, -0.1) is 0 Å². The fourth-order valence-corrected chi connectivity index (χ4v) is 6.44. The molecule has 232 valence electrons. The minimum atomic E-state index is -0.259. The average Bonchev–Trinajstić information content (AvgIpc) is 3.19. The van der Waals surface area contributed by atoms with Crippen LogP contribution in [-0.2, 0) is 0 Å². The summed E-state index contributed by atoms with van der Waals surface area (Å²) in [6.45, 7) is 0. The number of hydrogen-bond donors (Lipinski definition) is 0. The number of halogens is 1. The maximum Gasteiger partial charge on any atom is 0.124 e. The van der Waals surface area contributed by atoms with Gasteiger partial charge in [0, 0.05) is 11.8 Å². The Kier molecular flexibility index (Phi) is 8.19. The van der Waals surface area contributed by atoms with E-state index in [1.807, 2.05) is 42.6 Å². The molecule has 0 aliphatic rings. The van der Waals surface area contributed by atoms with Crippen molar-refractivity contribution in [3.8, 4) is 78.0 Å². The van der Waals surface area contributed by atoms with Gasteiger partial charge in [0.1, 0.15) is 5.82 Å². The van der Waals surface area contributed by atoms with Crippen LogP contribution >= 0.6 is 0 Å². The number of hydrogen-bond acceptors (Lipinski definition) is 1. The summed E-state index contributed by atoms with van der Waals surface area (Å²) in [5, 5.41) is 0. The molecule has 0 N–H and O–H groups in total. The van der Waals surface area contributed by atoms with E-state index in [4.69, 9.17) is 0 Å². The molecule has 1 nitrogen and oxygen atoms in total. The van der Waals surface area contributed by atoms with Crippen LogP contribution in [-0.4, -0.2) is 4.98 Å². The van der Waals surface area contributed by atoms with Crippen molar-refractivity contribution < 1.29 is 4.39 Å². The van der Waals surface area contributed by atoms with Crippen molar-refractivity contribution in [3.63, 3.8) is 0 Å². The average molecular weight is 630 g/mol. The Morgan fingerprint density at radius 1 is 0.265 bits per heavy atom. The van der Waals surface area contributed by atoms with Crippen molar-refractivity contribution in [2.75, 3.05) is 0 Å². The Bertz CT molecular complexity index is 2380. The summed E-state index contributed by atoms with van der Waals surface area (Å²) < 4.78 is 15.2. The van der Waals surface area contributed by atoms with Crippen LogP contribution in [0.25, 0.3) is 78.0 Å². The highest BCUT2D eigenvalue weighted by molar-refractivity contribution is 5.81. The van der Waals surface area contributed by atoms with Crippen LogP contribution in [0.4, 0.5) is 4.39 Å². The molecule has 1 heterocycles. The van der Waals surface area contributed by atoms with E-state index in [2.05, 4.69) is 145 Å². The largest absolute Gasteiger partial charge is 0.256 e. The maximum atomic E-state index is 15.2. The van der Waals surface area contributed by atoms with E-state index in [0.717, 1.165) is 61.3 Å². The molecule has 0 radical (unpaired) electrons. The smallest absolute Gasteiger partial charge is 0.124 e.